The van der Waals surface area contributed by atoms with Gasteiger partial charge in [0.2, 0.25) is 0 Å². The number of rotatable bonds is 8. The Bertz CT molecular complexity index is 2670. The van der Waals surface area contributed by atoms with E-state index in [4.69, 9.17) is 0 Å². The Morgan fingerprint density at radius 2 is 0.224 bits per heavy atom. The summed E-state index contributed by atoms with van der Waals surface area (Å²) in [5, 5.41) is 14.8. The summed E-state index contributed by atoms with van der Waals surface area (Å²) in [6.07, 6.45) is 0. The van der Waals surface area contributed by atoms with E-state index in [1.165, 1.54) is 44.5 Å². The van der Waals surface area contributed by atoms with Crippen molar-refractivity contribution in [3.63, 3.8) is 0 Å². The molecule has 0 N–H and O–H groups in total. The minimum absolute atomic E-state index is 1.42. The monoisotopic (exact) mass is 1120 g/mol. The maximum absolute atomic E-state index is 2.79. The van der Waals surface area contributed by atoms with Gasteiger partial charge in [0.25, 0.3) is 0 Å². The zero-order valence-corrected chi connectivity index (χ0v) is 55.0. The van der Waals surface area contributed by atoms with Crippen molar-refractivity contribution in [2.24, 2.45) is 0 Å². The topological polar surface area (TPSA) is 0 Å². The van der Waals surface area contributed by atoms with Crippen LogP contribution >= 0.6 is 0 Å². The molecule has 14 rings (SSSR count). The van der Waals surface area contributed by atoms with Gasteiger partial charge < -0.3 is 0 Å². The van der Waals surface area contributed by atoms with Crippen molar-refractivity contribution < 1.29 is 0 Å². The lowest BCUT2D eigenvalue weighted by molar-refractivity contribution is 1.21. The highest BCUT2D eigenvalue weighted by atomic mass is 28.5. The van der Waals surface area contributed by atoms with E-state index in [1.54, 1.807) is 68.0 Å². The lowest BCUT2D eigenvalue weighted by Crippen LogP contribution is -2.87. The highest BCUT2D eigenvalue weighted by molar-refractivity contribution is 7.40. The van der Waals surface area contributed by atoms with E-state index in [9.17, 15) is 0 Å². The highest BCUT2D eigenvalue weighted by Gasteiger charge is 2.74. The second-order valence-corrected chi connectivity index (χ2v) is 69.4. The predicted molar refractivity (Wildman–Crippen MR) is 350 cm³/mol. The largest absolute Gasteiger partial charge is 0.0799 e. The second kappa shape index (κ2) is 18.5. The molecule has 6 saturated heterocycles. The van der Waals surface area contributed by atoms with Crippen LogP contribution in [0, 0.1) is 55.4 Å². The number of benzene rings is 8. The molecule has 0 amide bonds. The smallest absolute Gasteiger partial charge is 0.0628 e. The van der Waals surface area contributed by atoms with Gasteiger partial charge >= 0.3 is 0 Å². The molecular weight excluding hydrogens is 1040 g/mol. The fraction of sp³-hybridized carbons (Fsp3) is 0.294. The SMILES string of the molecule is Cc1ccc([Si]23C[Si]4(c5ccc(C)cc5)C[Si]5(c6ccc(C)cc6)C[Si](c6ccc(C)cc6)(C2)C[Si]2(c6ccc(C)cc6)C[Si](c6ccc(C)cc6)(C3)C[Si](c3ccc(C)cc3)(C4)C[Si](c3ccc(C)cc3)(C5)C2)cc1. The summed E-state index contributed by atoms with van der Waals surface area (Å²) in [5.41, 5.74) is 30.0. The molecule has 8 aromatic carbocycles. The molecule has 0 aromatic heterocycles. The van der Waals surface area contributed by atoms with Gasteiger partial charge in [-0.2, -0.15) is 0 Å². The van der Waals surface area contributed by atoms with E-state index >= 15 is 0 Å². The van der Waals surface area contributed by atoms with E-state index in [0.29, 0.717) is 0 Å². The maximum atomic E-state index is 2.79. The van der Waals surface area contributed by atoms with Crippen molar-refractivity contribution in [3.8, 4) is 0 Å². The zero-order chi connectivity index (χ0) is 52.4. The molecule has 8 aromatic rings. The van der Waals surface area contributed by atoms with Crippen LogP contribution in [-0.2, 0) is 0 Å². The third-order valence-corrected chi connectivity index (χ3v) is 98.9. The number of hydrogen-bond donors (Lipinski definition) is 0. The second-order valence-electron chi connectivity index (χ2n) is 27.3. The molecule has 8 heteroatoms. The van der Waals surface area contributed by atoms with Gasteiger partial charge in [-0.1, -0.05) is 348 Å². The van der Waals surface area contributed by atoms with Crippen molar-refractivity contribution in [3.05, 3.63) is 239 Å². The first-order valence-corrected chi connectivity index (χ1v) is 50.0. The lowest BCUT2D eigenvalue weighted by atomic mass is 10.2. The van der Waals surface area contributed by atoms with Gasteiger partial charge in [0.1, 0.15) is 0 Å². The van der Waals surface area contributed by atoms with Crippen LogP contribution in [0.3, 0.4) is 0 Å². The lowest BCUT2D eigenvalue weighted by Gasteiger charge is -2.68. The molecule has 76 heavy (non-hydrogen) atoms. The number of aryl methyl sites for hydroxylation is 8. The fourth-order valence-corrected chi connectivity index (χ4v) is 147. The van der Waals surface area contributed by atoms with Crippen LogP contribution in [0.4, 0.5) is 0 Å². The first kappa shape index (κ1) is 51.0. The fourth-order valence-electron chi connectivity index (χ4n) is 19.0. The molecule has 0 spiro atoms. The Morgan fingerprint density at radius 1 is 0.145 bits per heavy atom. The molecule has 0 radical (unpaired) electrons. The van der Waals surface area contributed by atoms with E-state index in [1.807, 2.05) is 41.5 Å². The molecule has 0 nitrogen and oxygen atoms in total. The minimum Gasteiger partial charge on any atom is -0.0628 e. The first-order chi connectivity index (χ1) is 36.5. The number of hydrogen-bond acceptors (Lipinski definition) is 0. The van der Waals surface area contributed by atoms with Crippen LogP contribution in [0.15, 0.2) is 194 Å². The Kier molecular flexibility index (Phi) is 12.4. The molecular formula is C68H80Si8. The zero-order valence-electron chi connectivity index (χ0n) is 47.0. The highest BCUT2D eigenvalue weighted by Crippen LogP contribution is 2.61. The molecule has 384 valence electrons. The molecule has 6 fully saturated rings. The van der Waals surface area contributed by atoms with Crippen molar-refractivity contribution in [1.82, 2.24) is 0 Å². The minimum atomic E-state index is -2.41. The molecule has 0 atom stereocenters. The average molecular weight is 1120 g/mol. The summed E-state index contributed by atoms with van der Waals surface area (Å²) in [6.45, 7) is 18.9. The Balaban J connectivity index is 1.26. The van der Waals surface area contributed by atoms with Crippen molar-refractivity contribution >= 4 is 106 Å². The third-order valence-electron chi connectivity index (χ3n) is 21.4. The van der Waals surface area contributed by atoms with Gasteiger partial charge in [0.15, 0.2) is 0 Å². The van der Waals surface area contributed by atoms with Crippen molar-refractivity contribution in [2.45, 2.75) is 123 Å². The van der Waals surface area contributed by atoms with Crippen LogP contribution in [0.5, 0.6) is 0 Å². The van der Waals surface area contributed by atoms with Crippen LogP contribution in [0.25, 0.3) is 0 Å². The van der Waals surface area contributed by atoms with Gasteiger partial charge in [0, 0.05) is 0 Å². The molecule has 0 aliphatic carbocycles. The average Bonchev–Trinajstić information content (AvgIpc) is 2.80. The van der Waals surface area contributed by atoms with Crippen LogP contribution < -0.4 is 41.5 Å². The summed E-state index contributed by atoms with van der Waals surface area (Å²) >= 11 is 0. The van der Waals surface area contributed by atoms with Crippen LogP contribution in [0.2, 0.25) is 68.0 Å². The molecule has 0 unspecified atom stereocenters. The Labute approximate surface area is 464 Å². The van der Waals surface area contributed by atoms with Gasteiger partial charge in [-0.15, -0.1) is 0 Å². The normalized spacial score (nSPS) is 31.5. The van der Waals surface area contributed by atoms with E-state index in [2.05, 4.69) is 250 Å². The molecule has 6 aliphatic rings. The van der Waals surface area contributed by atoms with Gasteiger partial charge in [-0.25, -0.2) is 0 Å². The van der Waals surface area contributed by atoms with Crippen LogP contribution in [0.1, 0.15) is 44.5 Å². The molecule has 0 saturated carbocycles. The standard InChI is InChI=1S/C68H80Si8/c1-53-9-25-61(26-10-53)69-41-70(62-27-11-54(2)12-28-62)44-73(65-33-17-57(5)18-34-65)46-71(42-69,63-29-13-55(3)14-30-63)48-75(67-37-21-59(7)22-38-67)49-72(43-69,64-31-15-56(4)16-32-64)47-74(45-70,66-35-19-58(6)20-36-66)51-76(50-73,52-75)68-39-23-60(8)24-40-68/h9-40H,41-52H2,1-8H3. The van der Waals surface area contributed by atoms with Gasteiger partial charge in [-0.05, 0) is 55.4 Å². The van der Waals surface area contributed by atoms with Crippen molar-refractivity contribution in [1.29, 1.82) is 0 Å². The van der Waals surface area contributed by atoms with Crippen LogP contribution in [-0.4, -0.2) is 64.6 Å². The molecule has 6 heterocycles. The Morgan fingerprint density at radius 3 is 0.303 bits per heavy atom. The predicted octanol–water partition coefficient (Wildman–Crippen LogP) is 11.8. The maximum Gasteiger partial charge on any atom is 0.0799 e. The summed E-state index contributed by atoms with van der Waals surface area (Å²) in [7, 11) is -19.3. The summed E-state index contributed by atoms with van der Waals surface area (Å²) in [5.74, 6) is 0. The van der Waals surface area contributed by atoms with E-state index in [-0.39, 0.29) is 0 Å². The first-order valence-electron chi connectivity index (χ1n) is 29.1. The quantitative estimate of drug-likeness (QED) is 0.133. The van der Waals surface area contributed by atoms with Crippen molar-refractivity contribution in [2.75, 3.05) is 0 Å². The summed E-state index contributed by atoms with van der Waals surface area (Å²) in [6, 6.07) is 85.9. The van der Waals surface area contributed by atoms with Gasteiger partial charge in [-0.3, -0.25) is 0 Å². The Hall–Kier alpha value is -4.50. The molecule has 8 bridgehead atoms. The summed E-state index contributed by atoms with van der Waals surface area (Å²) in [4.78, 5) is 0. The van der Waals surface area contributed by atoms with E-state index in [0.717, 1.165) is 0 Å². The van der Waals surface area contributed by atoms with Gasteiger partial charge in [0.05, 0.1) is 64.6 Å². The summed E-state index contributed by atoms with van der Waals surface area (Å²) < 4.78 is 0. The third kappa shape index (κ3) is 8.53. The van der Waals surface area contributed by atoms with E-state index < -0.39 is 64.6 Å². The molecule has 6 aliphatic heterocycles.